The molecule has 5 nitrogen and oxygen atoms in total. The molecule has 0 radical (unpaired) electrons. The van der Waals surface area contributed by atoms with Crippen molar-refractivity contribution in [3.63, 3.8) is 0 Å². The van der Waals surface area contributed by atoms with E-state index in [4.69, 9.17) is 0 Å². The quantitative estimate of drug-likeness (QED) is 0.420. The van der Waals surface area contributed by atoms with Gasteiger partial charge in [0.05, 0.1) is 5.75 Å². The summed E-state index contributed by atoms with van der Waals surface area (Å²) in [4.78, 5) is 17.2. The maximum absolute atomic E-state index is 12.9. The van der Waals surface area contributed by atoms with Crippen LogP contribution in [-0.2, 0) is 4.79 Å². The van der Waals surface area contributed by atoms with Crippen LogP contribution in [0, 0.1) is 0 Å². The topological polar surface area (TPSA) is 49.3 Å². The van der Waals surface area contributed by atoms with Gasteiger partial charge < -0.3 is 9.80 Å². The molecule has 0 bridgehead atoms. The minimum absolute atomic E-state index is 0.153. The summed E-state index contributed by atoms with van der Waals surface area (Å²) in [6.45, 7) is 3.20. The van der Waals surface area contributed by atoms with Crippen molar-refractivity contribution in [2.45, 2.75) is 5.03 Å². The number of hydrogen-bond acceptors (Lipinski definition) is 5. The smallest absolute Gasteiger partial charge is 0.233 e. The van der Waals surface area contributed by atoms with E-state index in [1.54, 1.807) is 0 Å². The van der Waals surface area contributed by atoms with Crippen LogP contribution in [0.25, 0.3) is 22.0 Å². The fourth-order valence-corrected chi connectivity index (χ4v) is 4.94. The molecule has 160 valence electrons. The molecule has 4 aromatic rings. The molecular weight excluding hydrogens is 416 g/mol. The Morgan fingerprint density at radius 1 is 0.750 bits per heavy atom. The largest absolute Gasteiger partial charge is 0.368 e. The van der Waals surface area contributed by atoms with Crippen LogP contribution in [0.1, 0.15) is 0 Å². The van der Waals surface area contributed by atoms with Crippen molar-refractivity contribution in [3.05, 3.63) is 84.9 Å². The lowest BCUT2D eigenvalue weighted by Crippen LogP contribution is -2.49. The van der Waals surface area contributed by atoms with Gasteiger partial charge in [0.25, 0.3) is 0 Å². The minimum Gasteiger partial charge on any atom is -0.368 e. The Labute approximate surface area is 192 Å². The molecule has 1 amide bonds. The first-order chi connectivity index (χ1) is 15.8. The average Bonchev–Trinajstić information content (AvgIpc) is 2.88. The number of carbonyl (C=O) groups is 1. The van der Waals surface area contributed by atoms with Crippen LogP contribution in [0.15, 0.2) is 90.0 Å². The molecule has 0 saturated carbocycles. The Morgan fingerprint density at radius 3 is 2.09 bits per heavy atom. The number of fused-ring (bicyclic) bond motifs is 1. The minimum atomic E-state index is 0.153. The average molecular weight is 441 g/mol. The zero-order valence-electron chi connectivity index (χ0n) is 17.7. The highest BCUT2D eigenvalue weighted by molar-refractivity contribution is 8.00. The predicted molar refractivity (Wildman–Crippen MR) is 131 cm³/mol. The number of piperazine rings is 1. The maximum Gasteiger partial charge on any atom is 0.233 e. The van der Waals surface area contributed by atoms with Crippen molar-refractivity contribution in [2.75, 3.05) is 36.8 Å². The Bertz CT molecular complexity index is 1210. The van der Waals surface area contributed by atoms with Gasteiger partial charge in [-0.2, -0.15) is 0 Å². The van der Waals surface area contributed by atoms with E-state index in [9.17, 15) is 4.79 Å². The van der Waals surface area contributed by atoms with Crippen LogP contribution in [0.3, 0.4) is 0 Å². The van der Waals surface area contributed by atoms with Gasteiger partial charge in [0.15, 0.2) is 0 Å². The molecule has 32 heavy (non-hydrogen) atoms. The van der Waals surface area contributed by atoms with E-state index >= 15 is 0 Å². The molecule has 0 aliphatic carbocycles. The van der Waals surface area contributed by atoms with Gasteiger partial charge in [0.1, 0.15) is 10.7 Å². The summed E-state index contributed by atoms with van der Waals surface area (Å²) in [7, 11) is 0. The third kappa shape index (κ3) is 4.32. The normalized spacial score (nSPS) is 14.0. The molecule has 1 saturated heterocycles. The van der Waals surface area contributed by atoms with Crippen molar-refractivity contribution in [3.8, 4) is 11.3 Å². The summed E-state index contributed by atoms with van der Waals surface area (Å²) >= 11 is 1.47. The van der Waals surface area contributed by atoms with Crippen LogP contribution in [0.4, 0.5) is 5.69 Å². The number of carbonyl (C=O) groups excluding carboxylic acids is 1. The molecule has 5 rings (SSSR count). The highest BCUT2D eigenvalue weighted by atomic mass is 32.2. The second-order valence-electron chi connectivity index (χ2n) is 7.76. The number of anilines is 1. The Hall–Kier alpha value is -3.38. The molecule has 1 fully saturated rings. The van der Waals surface area contributed by atoms with Crippen LogP contribution >= 0.6 is 11.8 Å². The number of thioether (sulfide) groups is 1. The molecule has 0 spiro atoms. The fraction of sp³-hybridized carbons (Fsp3) is 0.192. The van der Waals surface area contributed by atoms with Gasteiger partial charge in [-0.15, -0.1) is 10.2 Å². The van der Waals surface area contributed by atoms with Gasteiger partial charge in [0.2, 0.25) is 5.91 Å². The first-order valence-corrected chi connectivity index (χ1v) is 11.8. The number of para-hydroxylation sites is 1. The Balaban J connectivity index is 1.26. The van der Waals surface area contributed by atoms with E-state index in [2.05, 4.69) is 51.5 Å². The summed E-state index contributed by atoms with van der Waals surface area (Å²) in [6.07, 6.45) is 0. The SMILES string of the molecule is O=C(CSc1nnc(-c2ccccc2)c2ccccc12)N1CCN(c2ccccc2)CC1. The predicted octanol–water partition coefficient (Wildman–Crippen LogP) is 4.74. The van der Waals surface area contributed by atoms with Gasteiger partial charge in [-0.3, -0.25) is 4.79 Å². The van der Waals surface area contributed by atoms with Crippen molar-refractivity contribution < 1.29 is 4.79 Å². The number of amides is 1. The summed E-state index contributed by atoms with van der Waals surface area (Å²) in [6, 6.07) is 28.6. The molecule has 3 aromatic carbocycles. The van der Waals surface area contributed by atoms with Crippen LogP contribution in [-0.4, -0.2) is 52.9 Å². The fourth-order valence-electron chi connectivity index (χ4n) is 4.07. The standard InChI is InChI=1S/C26H24N4OS/c31-24(30-17-15-29(16-18-30)21-11-5-2-6-12-21)19-32-26-23-14-8-7-13-22(23)25(27-28-26)20-9-3-1-4-10-20/h1-14H,15-19H2. The van der Waals surface area contributed by atoms with Crippen molar-refractivity contribution in [1.82, 2.24) is 15.1 Å². The number of benzene rings is 3. The first-order valence-electron chi connectivity index (χ1n) is 10.8. The van der Waals surface area contributed by atoms with E-state index in [1.807, 2.05) is 53.4 Å². The van der Waals surface area contributed by atoms with Crippen LogP contribution in [0.2, 0.25) is 0 Å². The second-order valence-corrected chi connectivity index (χ2v) is 8.72. The number of rotatable bonds is 5. The second kappa shape index (κ2) is 9.40. The molecule has 1 aliphatic heterocycles. The van der Waals surface area contributed by atoms with Crippen molar-refractivity contribution >= 4 is 34.1 Å². The number of aromatic nitrogens is 2. The molecule has 1 aliphatic rings. The Morgan fingerprint density at radius 2 is 1.38 bits per heavy atom. The Kier molecular flexibility index (Phi) is 6.03. The third-order valence-corrected chi connectivity index (χ3v) is 6.75. The van der Waals surface area contributed by atoms with E-state index in [-0.39, 0.29) is 5.91 Å². The highest BCUT2D eigenvalue weighted by Gasteiger charge is 2.22. The van der Waals surface area contributed by atoms with Gasteiger partial charge in [-0.05, 0) is 12.1 Å². The van der Waals surface area contributed by atoms with E-state index in [0.717, 1.165) is 53.2 Å². The zero-order chi connectivity index (χ0) is 21.8. The number of nitrogens with zero attached hydrogens (tertiary/aromatic N) is 4. The summed E-state index contributed by atoms with van der Waals surface area (Å²) in [5.74, 6) is 0.523. The van der Waals surface area contributed by atoms with Crippen LogP contribution in [0.5, 0.6) is 0 Å². The molecular formula is C26H24N4OS. The zero-order valence-corrected chi connectivity index (χ0v) is 18.5. The maximum atomic E-state index is 12.9. The third-order valence-electron chi connectivity index (χ3n) is 5.79. The lowest BCUT2D eigenvalue weighted by Gasteiger charge is -2.36. The molecule has 6 heteroatoms. The van der Waals surface area contributed by atoms with Gasteiger partial charge in [-0.1, -0.05) is 84.6 Å². The van der Waals surface area contributed by atoms with Crippen molar-refractivity contribution in [2.24, 2.45) is 0 Å². The molecule has 1 aromatic heterocycles. The van der Waals surface area contributed by atoms with Gasteiger partial charge >= 0.3 is 0 Å². The molecule has 0 unspecified atom stereocenters. The van der Waals surface area contributed by atoms with Gasteiger partial charge in [0, 0.05) is 48.2 Å². The van der Waals surface area contributed by atoms with Crippen LogP contribution < -0.4 is 4.90 Å². The molecule has 2 heterocycles. The van der Waals surface area contributed by atoms with E-state index in [0.29, 0.717) is 5.75 Å². The lowest BCUT2D eigenvalue weighted by atomic mass is 10.1. The first kappa shape index (κ1) is 20.5. The summed E-state index contributed by atoms with van der Waals surface area (Å²) in [5.41, 5.74) is 3.13. The molecule has 0 N–H and O–H groups in total. The number of hydrogen-bond donors (Lipinski definition) is 0. The summed E-state index contributed by atoms with van der Waals surface area (Å²) in [5, 5.41) is 11.9. The monoisotopic (exact) mass is 440 g/mol. The van der Waals surface area contributed by atoms with E-state index < -0.39 is 0 Å². The summed E-state index contributed by atoms with van der Waals surface area (Å²) < 4.78 is 0. The highest BCUT2D eigenvalue weighted by Crippen LogP contribution is 2.31. The van der Waals surface area contributed by atoms with Gasteiger partial charge in [-0.25, -0.2) is 0 Å². The molecule has 0 atom stereocenters. The van der Waals surface area contributed by atoms with Crippen molar-refractivity contribution in [1.29, 1.82) is 0 Å². The van der Waals surface area contributed by atoms with E-state index in [1.165, 1.54) is 17.4 Å². The lowest BCUT2D eigenvalue weighted by molar-refractivity contribution is -0.128.